The van der Waals surface area contributed by atoms with Crippen LogP contribution in [0.25, 0.3) is 10.9 Å². The maximum absolute atomic E-state index is 5.52. The summed E-state index contributed by atoms with van der Waals surface area (Å²) in [6.45, 7) is 6.56. The summed E-state index contributed by atoms with van der Waals surface area (Å²) in [5.74, 6) is 1.12. The number of nitrogens with one attached hydrogen (secondary N) is 1. The van der Waals surface area contributed by atoms with Gasteiger partial charge in [-0.1, -0.05) is 18.2 Å². The van der Waals surface area contributed by atoms with Crippen LogP contribution in [-0.4, -0.2) is 62.4 Å². The fourth-order valence-corrected chi connectivity index (χ4v) is 3.94. The third kappa shape index (κ3) is 3.78. The Labute approximate surface area is 150 Å². The summed E-state index contributed by atoms with van der Waals surface area (Å²) in [5, 5.41) is 4.90. The summed E-state index contributed by atoms with van der Waals surface area (Å²) in [5.41, 5.74) is 2.37. The molecule has 25 heavy (non-hydrogen) atoms. The summed E-state index contributed by atoms with van der Waals surface area (Å²) in [7, 11) is 2.23. The molecule has 5 nitrogen and oxygen atoms in total. The van der Waals surface area contributed by atoms with Gasteiger partial charge in [-0.3, -0.25) is 0 Å². The lowest BCUT2D eigenvalue weighted by Gasteiger charge is -2.30. The molecule has 134 valence electrons. The third-order valence-electron chi connectivity index (χ3n) is 5.46. The number of fused-ring (bicyclic) bond motifs is 1. The Kier molecular flexibility index (Phi) is 5.15. The van der Waals surface area contributed by atoms with Crippen molar-refractivity contribution >= 4 is 16.7 Å². The molecule has 0 spiro atoms. The van der Waals surface area contributed by atoms with E-state index in [0.29, 0.717) is 6.04 Å². The number of ether oxygens (including phenoxy) is 1. The lowest BCUT2D eigenvalue weighted by atomic mass is 10.1. The van der Waals surface area contributed by atoms with Gasteiger partial charge in [-0.05, 0) is 38.6 Å². The van der Waals surface area contributed by atoms with Gasteiger partial charge in [0.1, 0.15) is 5.82 Å². The molecule has 2 aliphatic rings. The predicted molar refractivity (Wildman–Crippen MR) is 102 cm³/mol. The fraction of sp³-hybridized carbons (Fsp3) is 0.550. The van der Waals surface area contributed by atoms with Crippen molar-refractivity contribution in [3.05, 3.63) is 35.9 Å². The molecule has 0 bridgehead atoms. The van der Waals surface area contributed by atoms with Gasteiger partial charge in [-0.2, -0.15) is 0 Å². The molecule has 1 N–H and O–H groups in total. The average Bonchev–Trinajstić information content (AvgIpc) is 3.07. The van der Waals surface area contributed by atoms with Crippen molar-refractivity contribution in [2.24, 2.45) is 0 Å². The molecule has 2 fully saturated rings. The van der Waals surface area contributed by atoms with Gasteiger partial charge in [-0.15, -0.1) is 0 Å². The Morgan fingerprint density at radius 1 is 1.20 bits per heavy atom. The van der Waals surface area contributed by atoms with Crippen LogP contribution in [0.1, 0.15) is 18.4 Å². The zero-order valence-electron chi connectivity index (χ0n) is 15.1. The van der Waals surface area contributed by atoms with Crippen molar-refractivity contribution in [2.75, 3.05) is 51.3 Å². The molecule has 1 atom stereocenters. The number of benzene rings is 1. The monoisotopic (exact) mass is 340 g/mol. The second kappa shape index (κ2) is 7.68. The van der Waals surface area contributed by atoms with Crippen LogP contribution in [0.15, 0.2) is 30.3 Å². The third-order valence-corrected chi connectivity index (χ3v) is 5.46. The Morgan fingerprint density at radius 3 is 2.84 bits per heavy atom. The van der Waals surface area contributed by atoms with Gasteiger partial charge in [-0.25, -0.2) is 4.98 Å². The van der Waals surface area contributed by atoms with Crippen molar-refractivity contribution in [2.45, 2.75) is 25.4 Å². The summed E-state index contributed by atoms with van der Waals surface area (Å²) >= 11 is 0. The van der Waals surface area contributed by atoms with Crippen LogP contribution in [0.4, 0.5) is 5.82 Å². The second-order valence-electron chi connectivity index (χ2n) is 7.17. The Hall–Kier alpha value is -1.69. The first-order valence-corrected chi connectivity index (χ1v) is 9.43. The number of rotatable bonds is 5. The van der Waals surface area contributed by atoms with Crippen LogP contribution in [0.5, 0.6) is 0 Å². The largest absolute Gasteiger partial charge is 0.378 e. The normalized spacial score (nSPS) is 22.0. The molecule has 0 unspecified atom stereocenters. The van der Waals surface area contributed by atoms with Crippen LogP contribution >= 0.6 is 0 Å². The molecule has 2 saturated heterocycles. The number of likely N-dealkylation sites (tertiary alicyclic amines) is 1. The van der Waals surface area contributed by atoms with Gasteiger partial charge in [0, 0.05) is 43.2 Å². The van der Waals surface area contributed by atoms with Gasteiger partial charge in [0.25, 0.3) is 0 Å². The molecule has 2 aliphatic heterocycles. The highest BCUT2D eigenvalue weighted by atomic mass is 16.5. The smallest absolute Gasteiger partial charge is 0.133 e. The number of pyridine rings is 1. The van der Waals surface area contributed by atoms with Crippen molar-refractivity contribution in [1.82, 2.24) is 15.2 Å². The average molecular weight is 340 g/mol. The van der Waals surface area contributed by atoms with Crippen molar-refractivity contribution < 1.29 is 4.74 Å². The van der Waals surface area contributed by atoms with Gasteiger partial charge in [0.05, 0.1) is 18.7 Å². The van der Waals surface area contributed by atoms with E-state index in [0.717, 1.165) is 50.7 Å². The lowest BCUT2D eigenvalue weighted by molar-refractivity contribution is 0.122. The lowest BCUT2D eigenvalue weighted by Crippen LogP contribution is -2.38. The first kappa shape index (κ1) is 16.8. The summed E-state index contributed by atoms with van der Waals surface area (Å²) in [4.78, 5) is 9.82. The standard InChI is InChI=1S/C20H28N4O/c1-23-8-4-6-18(23)15-21-14-17-13-16-5-2-3-7-19(16)22-20(17)24-9-11-25-12-10-24/h2-3,5,7,13,18,21H,4,6,8-12,14-15H2,1H3/t18-/m0/s1. The Balaban J connectivity index is 1.54. The van der Waals surface area contributed by atoms with Crippen LogP contribution < -0.4 is 10.2 Å². The van der Waals surface area contributed by atoms with E-state index in [9.17, 15) is 0 Å². The van der Waals surface area contributed by atoms with E-state index in [1.807, 2.05) is 0 Å². The van der Waals surface area contributed by atoms with E-state index >= 15 is 0 Å². The van der Waals surface area contributed by atoms with Gasteiger partial charge < -0.3 is 19.9 Å². The number of nitrogens with zero attached hydrogens (tertiary/aromatic N) is 3. The topological polar surface area (TPSA) is 40.6 Å². The molecule has 0 aliphatic carbocycles. The fourth-order valence-electron chi connectivity index (χ4n) is 3.94. The molecule has 0 amide bonds. The van der Waals surface area contributed by atoms with Crippen molar-refractivity contribution in [3.63, 3.8) is 0 Å². The van der Waals surface area contributed by atoms with Crippen LogP contribution in [-0.2, 0) is 11.3 Å². The highest BCUT2D eigenvalue weighted by Crippen LogP contribution is 2.24. The van der Waals surface area contributed by atoms with E-state index in [4.69, 9.17) is 9.72 Å². The number of hydrogen-bond donors (Lipinski definition) is 1. The van der Waals surface area contributed by atoms with Gasteiger partial charge >= 0.3 is 0 Å². The number of anilines is 1. The first-order valence-electron chi connectivity index (χ1n) is 9.43. The minimum atomic E-state index is 0.667. The molecule has 1 aromatic carbocycles. The number of para-hydroxylation sites is 1. The zero-order valence-corrected chi connectivity index (χ0v) is 15.1. The maximum atomic E-state index is 5.52. The maximum Gasteiger partial charge on any atom is 0.133 e. The van der Waals surface area contributed by atoms with Crippen LogP contribution in [0.2, 0.25) is 0 Å². The highest BCUT2D eigenvalue weighted by molar-refractivity contribution is 5.81. The van der Waals surface area contributed by atoms with E-state index in [1.165, 1.54) is 30.3 Å². The molecule has 3 heterocycles. The Morgan fingerprint density at radius 2 is 2.04 bits per heavy atom. The minimum Gasteiger partial charge on any atom is -0.378 e. The molecule has 0 saturated carbocycles. The highest BCUT2D eigenvalue weighted by Gasteiger charge is 2.21. The summed E-state index contributed by atoms with van der Waals surface area (Å²) < 4.78 is 5.52. The van der Waals surface area contributed by atoms with E-state index in [-0.39, 0.29) is 0 Å². The molecule has 4 rings (SSSR count). The minimum absolute atomic E-state index is 0.667. The van der Waals surface area contributed by atoms with Gasteiger partial charge in [0.15, 0.2) is 0 Å². The quantitative estimate of drug-likeness (QED) is 0.904. The molecule has 0 radical (unpaired) electrons. The number of likely N-dealkylation sites (N-methyl/N-ethyl adjacent to an activating group) is 1. The SMILES string of the molecule is CN1CCC[C@H]1CNCc1cc2ccccc2nc1N1CCOCC1. The summed E-state index contributed by atoms with van der Waals surface area (Å²) in [6, 6.07) is 11.4. The van der Waals surface area contributed by atoms with Crippen molar-refractivity contribution in [3.8, 4) is 0 Å². The van der Waals surface area contributed by atoms with E-state index in [1.54, 1.807) is 0 Å². The number of aromatic nitrogens is 1. The zero-order chi connectivity index (χ0) is 17.1. The molecule has 1 aromatic heterocycles. The Bertz CT molecular complexity index is 714. The molecule has 2 aromatic rings. The van der Waals surface area contributed by atoms with Crippen LogP contribution in [0, 0.1) is 0 Å². The molecular weight excluding hydrogens is 312 g/mol. The first-order chi connectivity index (χ1) is 12.3. The number of morpholine rings is 1. The molecular formula is C20H28N4O. The predicted octanol–water partition coefficient (Wildman–Crippen LogP) is 2.26. The molecule has 5 heteroatoms. The second-order valence-corrected chi connectivity index (χ2v) is 7.17. The van der Waals surface area contributed by atoms with Gasteiger partial charge in [0.2, 0.25) is 0 Å². The van der Waals surface area contributed by atoms with Crippen molar-refractivity contribution in [1.29, 1.82) is 0 Å². The van der Waals surface area contributed by atoms with E-state index in [2.05, 4.69) is 52.5 Å². The van der Waals surface area contributed by atoms with Crippen LogP contribution in [0.3, 0.4) is 0 Å². The number of hydrogen-bond acceptors (Lipinski definition) is 5. The van der Waals surface area contributed by atoms with E-state index < -0.39 is 0 Å². The summed E-state index contributed by atoms with van der Waals surface area (Å²) in [6.07, 6.45) is 2.62.